The highest BCUT2D eigenvalue weighted by Crippen LogP contribution is 2.30. The van der Waals surface area contributed by atoms with Crippen molar-refractivity contribution in [2.45, 2.75) is 26.8 Å². The lowest BCUT2D eigenvalue weighted by Crippen LogP contribution is -2.35. The first-order valence-corrected chi connectivity index (χ1v) is 11.1. The minimum absolute atomic E-state index is 0.0505. The second-order valence-corrected chi connectivity index (χ2v) is 8.36. The summed E-state index contributed by atoms with van der Waals surface area (Å²) in [6.07, 6.45) is 0.714. The number of hydrazone groups is 1. The summed E-state index contributed by atoms with van der Waals surface area (Å²) < 4.78 is 5.07. The summed E-state index contributed by atoms with van der Waals surface area (Å²) in [5, 5.41) is 18.5. The highest BCUT2D eigenvalue weighted by molar-refractivity contribution is 8.16. The third-order valence-corrected chi connectivity index (χ3v) is 6.32. The van der Waals surface area contributed by atoms with Crippen molar-refractivity contribution in [1.82, 2.24) is 5.01 Å². The second-order valence-electron chi connectivity index (χ2n) is 6.26. The van der Waals surface area contributed by atoms with Gasteiger partial charge in [-0.1, -0.05) is 36.9 Å². The van der Waals surface area contributed by atoms with Gasteiger partial charge in [-0.15, -0.1) is 11.3 Å². The van der Waals surface area contributed by atoms with Crippen molar-refractivity contribution in [1.29, 1.82) is 0 Å². The number of thioether (sulfide) groups is 1. The van der Waals surface area contributed by atoms with Gasteiger partial charge in [-0.3, -0.25) is 9.59 Å². The van der Waals surface area contributed by atoms with Gasteiger partial charge in [0.1, 0.15) is 10.8 Å². The summed E-state index contributed by atoms with van der Waals surface area (Å²) in [5.41, 5.74) is 0.826. The largest absolute Gasteiger partial charge is 0.508 e. The fourth-order valence-corrected chi connectivity index (χ4v) is 4.39. The lowest BCUT2D eigenvalue weighted by Gasteiger charge is -2.23. The molecule has 0 spiro atoms. The Balaban J connectivity index is 1.79. The topological polar surface area (TPSA) is 108 Å². The number of anilines is 1. The molecule has 0 aliphatic carbocycles. The smallest absolute Gasteiger partial charge is 0.341 e. The van der Waals surface area contributed by atoms with E-state index in [1.54, 1.807) is 31.2 Å². The number of hydrogen-bond acceptors (Lipinski definition) is 8. The number of benzene rings is 1. The van der Waals surface area contributed by atoms with Gasteiger partial charge in [0.25, 0.3) is 11.8 Å². The zero-order valence-corrected chi connectivity index (χ0v) is 18.1. The van der Waals surface area contributed by atoms with Crippen molar-refractivity contribution in [2.24, 2.45) is 5.10 Å². The maximum atomic E-state index is 12.8. The van der Waals surface area contributed by atoms with Crippen molar-refractivity contribution in [3.63, 3.8) is 0 Å². The van der Waals surface area contributed by atoms with Crippen LogP contribution in [0, 0.1) is 0 Å². The molecular weight excluding hydrogens is 426 g/mol. The lowest BCUT2D eigenvalue weighted by molar-refractivity contribution is -0.129. The molecule has 0 radical (unpaired) electrons. The molecule has 30 heavy (non-hydrogen) atoms. The summed E-state index contributed by atoms with van der Waals surface area (Å²) in [4.78, 5) is 38.1. The zero-order chi connectivity index (χ0) is 21.7. The number of nitrogens with zero attached hydrogens (tertiary/aromatic N) is 2. The van der Waals surface area contributed by atoms with Crippen molar-refractivity contribution < 1.29 is 24.2 Å². The molecule has 1 aliphatic rings. The number of aromatic hydroxyl groups is 1. The Kier molecular flexibility index (Phi) is 7.11. The molecule has 0 unspecified atom stereocenters. The molecule has 8 nitrogen and oxygen atoms in total. The van der Waals surface area contributed by atoms with Crippen LogP contribution in [0.2, 0.25) is 0 Å². The van der Waals surface area contributed by atoms with Gasteiger partial charge in [-0.25, -0.2) is 9.80 Å². The van der Waals surface area contributed by atoms with Crippen LogP contribution in [-0.4, -0.2) is 45.3 Å². The first-order valence-electron chi connectivity index (χ1n) is 9.32. The van der Waals surface area contributed by atoms with Gasteiger partial charge >= 0.3 is 5.97 Å². The standard InChI is InChI=1S/C20H21N3O5S2/c1-3-13-9-14(20(27)28-4-2)18(30-13)21-17(26)19-22-23(16(25)11-29-19)10-12-7-5-6-8-15(12)24/h5-9,24H,3-4,10-11H2,1-2H3,(H,21,26). The van der Waals surface area contributed by atoms with Crippen LogP contribution in [0.3, 0.4) is 0 Å². The third kappa shape index (κ3) is 5.00. The summed E-state index contributed by atoms with van der Waals surface area (Å²) in [6, 6.07) is 8.34. The molecule has 0 bridgehead atoms. The van der Waals surface area contributed by atoms with E-state index in [1.807, 2.05) is 6.92 Å². The fraction of sp³-hybridized carbons (Fsp3) is 0.300. The van der Waals surface area contributed by atoms with Crippen LogP contribution >= 0.6 is 23.1 Å². The van der Waals surface area contributed by atoms with Crippen LogP contribution in [0.15, 0.2) is 35.4 Å². The predicted molar refractivity (Wildman–Crippen MR) is 117 cm³/mol. The van der Waals surface area contributed by atoms with Crippen LogP contribution in [0.5, 0.6) is 5.75 Å². The average molecular weight is 448 g/mol. The summed E-state index contributed by atoms with van der Waals surface area (Å²) in [5.74, 6) is -1.18. The minimum Gasteiger partial charge on any atom is -0.508 e. The lowest BCUT2D eigenvalue weighted by atomic mass is 10.2. The van der Waals surface area contributed by atoms with Crippen LogP contribution < -0.4 is 5.32 Å². The number of aryl methyl sites for hydroxylation is 1. The van der Waals surface area contributed by atoms with Crippen LogP contribution in [-0.2, 0) is 27.3 Å². The number of carbonyl (C=O) groups excluding carboxylic acids is 3. The van der Waals surface area contributed by atoms with Crippen molar-refractivity contribution >= 4 is 50.9 Å². The molecule has 1 aromatic heterocycles. The van der Waals surface area contributed by atoms with E-state index in [-0.39, 0.29) is 35.6 Å². The zero-order valence-electron chi connectivity index (χ0n) is 16.5. The SMILES string of the molecule is CCOC(=O)c1cc(CC)sc1NC(=O)C1=NN(Cc2ccccc2O)C(=O)CS1. The number of phenolic OH excluding ortho intramolecular Hbond substituents is 1. The van der Waals surface area contributed by atoms with E-state index in [2.05, 4.69) is 10.4 Å². The fourth-order valence-electron chi connectivity index (χ4n) is 2.67. The first-order chi connectivity index (χ1) is 14.4. The molecule has 3 rings (SSSR count). The van der Waals surface area contributed by atoms with Gasteiger partial charge in [0, 0.05) is 10.4 Å². The molecule has 10 heteroatoms. The van der Waals surface area contributed by atoms with Gasteiger partial charge in [0.2, 0.25) is 0 Å². The van der Waals surface area contributed by atoms with Gasteiger partial charge in [0.15, 0.2) is 5.04 Å². The number of hydrogen-bond donors (Lipinski definition) is 2. The van der Waals surface area contributed by atoms with E-state index in [0.29, 0.717) is 22.5 Å². The molecule has 2 aromatic rings. The van der Waals surface area contributed by atoms with Gasteiger partial charge in [-0.2, -0.15) is 5.10 Å². The number of carbonyl (C=O) groups is 3. The van der Waals surface area contributed by atoms with Crippen molar-refractivity contribution in [3.8, 4) is 5.75 Å². The number of esters is 1. The normalized spacial score (nSPS) is 13.7. The van der Waals surface area contributed by atoms with E-state index < -0.39 is 11.9 Å². The Morgan fingerprint density at radius 2 is 2.07 bits per heavy atom. The van der Waals surface area contributed by atoms with E-state index in [4.69, 9.17) is 4.74 Å². The second kappa shape index (κ2) is 9.77. The number of thiophene rings is 1. The number of nitrogens with one attached hydrogen (secondary N) is 1. The van der Waals surface area contributed by atoms with Crippen molar-refractivity contribution in [2.75, 3.05) is 17.7 Å². The molecular formula is C20H21N3O5S2. The summed E-state index contributed by atoms with van der Waals surface area (Å²) in [7, 11) is 0. The molecule has 0 fully saturated rings. The highest BCUT2D eigenvalue weighted by Gasteiger charge is 2.27. The molecule has 2 amide bonds. The Morgan fingerprint density at radius 3 is 2.77 bits per heavy atom. The third-order valence-electron chi connectivity index (χ3n) is 4.19. The predicted octanol–water partition coefficient (Wildman–Crippen LogP) is 3.22. The Hall–Kier alpha value is -2.85. The Labute approximate surface area is 181 Å². The summed E-state index contributed by atoms with van der Waals surface area (Å²) >= 11 is 2.33. The molecule has 0 saturated carbocycles. The van der Waals surface area contributed by atoms with Crippen LogP contribution in [0.1, 0.15) is 34.6 Å². The molecule has 2 N–H and O–H groups in total. The highest BCUT2D eigenvalue weighted by atomic mass is 32.2. The minimum atomic E-state index is -0.509. The Bertz CT molecular complexity index is 1000. The average Bonchev–Trinajstić information content (AvgIpc) is 3.14. The van der Waals surface area contributed by atoms with Gasteiger partial charge < -0.3 is 15.2 Å². The monoisotopic (exact) mass is 447 g/mol. The van der Waals surface area contributed by atoms with Crippen LogP contribution in [0.25, 0.3) is 0 Å². The van der Waals surface area contributed by atoms with Gasteiger partial charge in [0.05, 0.1) is 24.5 Å². The number of amides is 2. The number of rotatable bonds is 7. The van der Waals surface area contributed by atoms with E-state index >= 15 is 0 Å². The number of para-hydroxylation sites is 1. The van der Waals surface area contributed by atoms with E-state index in [0.717, 1.165) is 16.6 Å². The van der Waals surface area contributed by atoms with Gasteiger partial charge in [-0.05, 0) is 25.5 Å². The van der Waals surface area contributed by atoms with Crippen molar-refractivity contribution in [3.05, 3.63) is 46.3 Å². The molecule has 0 atom stereocenters. The Morgan fingerprint density at radius 1 is 1.30 bits per heavy atom. The molecule has 2 heterocycles. The van der Waals surface area contributed by atoms with Crippen LogP contribution in [0.4, 0.5) is 5.00 Å². The molecule has 1 aliphatic heterocycles. The molecule has 0 saturated heterocycles. The number of phenols is 1. The maximum absolute atomic E-state index is 12.8. The molecule has 158 valence electrons. The van der Waals surface area contributed by atoms with E-state index in [9.17, 15) is 19.5 Å². The number of ether oxygens (including phenoxy) is 1. The van der Waals surface area contributed by atoms with E-state index in [1.165, 1.54) is 22.4 Å². The quantitative estimate of drug-likeness (QED) is 0.631. The molecule has 1 aromatic carbocycles. The maximum Gasteiger partial charge on any atom is 0.341 e. The first kappa shape index (κ1) is 21.8. The summed E-state index contributed by atoms with van der Waals surface area (Å²) in [6.45, 7) is 3.95.